The van der Waals surface area contributed by atoms with Crippen LogP contribution in [-0.4, -0.2) is 13.1 Å². The molecule has 1 aromatic rings. The van der Waals surface area contributed by atoms with Gasteiger partial charge in [0, 0.05) is 6.54 Å². The van der Waals surface area contributed by atoms with Gasteiger partial charge in [0.1, 0.15) is 0 Å². The van der Waals surface area contributed by atoms with Gasteiger partial charge in [-0.25, -0.2) is 0 Å². The minimum absolute atomic E-state index is 0.484. The van der Waals surface area contributed by atoms with Crippen molar-refractivity contribution in [1.82, 2.24) is 0 Å². The van der Waals surface area contributed by atoms with Crippen molar-refractivity contribution < 1.29 is 0 Å². The predicted molar refractivity (Wildman–Crippen MR) is 72.1 cm³/mol. The molecule has 0 aliphatic heterocycles. The van der Waals surface area contributed by atoms with Crippen LogP contribution in [0.4, 0.5) is 5.69 Å². The highest BCUT2D eigenvalue weighted by Crippen LogP contribution is 2.23. The summed E-state index contributed by atoms with van der Waals surface area (Å²) in [5, 5.41) is 4.14. The summed E-state index contributed by atoms with van der Waals surface area (Å²) in [7, 11) is 0. The maximum absolute atomic E-state index is 6.14. The molecular weight excluding hydrogens is 220 g/mol. The third-order valence-corrected chi connectivity index (χ3v) is 3.24. The van der Waals surface area contributed by atoms with E-state index in [1.165, 1.54) is 5.56 Å². The lowest BCUT2D eigenvalue weighted by molar-refractivity contribution is 0.413. The molecule has 0 radical (unpaired) electrons. The van der Waals surface area contributed by atoms with Gasteiger partial charge in [0.25, 0.3) is 0 Å². The number of hydrogen-bond acceptors (Lipinski definition) is 2. The molecular formula is C13H21ClN2. The Hall–Kier alpha value is -0.730. The Kier molecular flexibility index (Phi) is 5.10. The number of aryl methyl sites for hydroxylation is 1. The minimum atomic E-state index is 0.484. The average molecular weight is 241 g/mol. The van der Waals surface area contributed by atoms with E-state index in [0.29, 0.717) is 18.4 Å². The summed E-state index contributed by atoms with van der Waals surface area (Å²) in [4.78, 5) is 0. The summed E-state index contributed by atoms with van der Waals surface area (Å²) in [6.07, 6.45) is 0. The van der Waals surface area contributed by atoms with E-state index in [4.69, 9.17) is 17.3 Å². The first-order valence-electron chi connectivity index (χ1n) is 5.74. The fraction of sp³-hybridized carbons (Fsp3) is 0.538. The molecule has 3 N–H and O–H groups in total. The SMILES string of the molecule is Cc1ccc(NCC(CN)C(C)C)c(Cl)c1. The van der Waals surface area contributed by atoms with Gasteiger partial charge in [-0.15, -0.1) is 0 Å². The third kappa shape index (κ3) is 3.69. The summed E-state index contributed by atoms with van der Waals surface area (Å²) in [6, 6.07) is 6.04. The van der Waals surface area contributed by atoms with Gasteiger partial charge in [-0.2, -0.15) is 0 Å². The first-order valence-corrected chi connectivity index (χ1v) is 6.12. The van der Waals surface area contributed by atoms with Gasteiger partial charge >= 0.3 is 0 Å². The zero-order valence-corrected chi connectivity index (χ0v) is 11.0. The van der Waals surface area contributed by atoms with Crippen molar-refractivity contribution in [1.29, 1.82) is 0 Å². The molecule has 1 unspecified atom stereocenters. The topological polar surface area (TPSA) is 38.0 Å². The summed E-state index contributed by atoms with van der Waals surface area (Å²) < 4.78 is 0. The Morgan fingerprint density at radius 3 is 2.56 bits per heavy atom. The van der Waals surface area contributed by atoms with Crippen molar-refractivity contribution in [3.63, 3.8) is 0 Å². The van der Waals surface area contributed by atoms with Crippen molar-refractivity contribution in [2.75, 3.05) is 18.4 Å². The molecule has 3 heteroatoms. The smallest absolute Gasteiger partial charge is 0.0640 e. The normalized spacial score (nSPS) is 12.9. The van der Waals surface area contributed by atoms with Gasteiger partial charge in [0.05, 0.1) is 10.7 Å². The minimum Gasteiger partial charge on any atom is -0.384 e. The zero-order valence-electron chi connectivity index (χ0n) is 10.3. The van der Waals surface area contributed by atoms with Crippen LogP contribution in [0.25, 0.3) is 0 Å². The lowest BCUT2D eigenvalue weighted by Gasteiger charge is -2.20. The maximum atomic E-state index is 6.14. The highest BCUT2D eigenvalue weighted by Gasteiger charge is 2.11. The largest absolute Gasteiger partial charge is 0.384 e. The van der Waals surface area contributed by atoms with Crippen LogP contribution in [0.1, 0.15) is 19.4 Å². The molecule has 0 bridgehead atoms. The zero-order chi connectivity index (χ0) is 12.1. The van der Waals surface area contributed by atoms with E-state index < -0.39 is 0 Å². The van der Waals surface area contributed by atoms with Crippen molar-refractivity contribution in [2.24, 2.45) is 17.6 Å². The van der Waals surface area contributed by atoms with Crippen molar-refractivity contribution in [3.05, 3.63) is 28.8 Å². The molecule has 1 atom stereocenters. The highest BCUT2D eigenvalue weighted by molar-refractivity contribution is 6.33. The van der Waals surface area contributed by atoms with E-state index in [1.54, 1.807) is 0 Å². The second-order valence-electron chi connectivity index (χ2n) is 4.60. The first-order chi connectivity index (χ1) is 7.54. The fourth-order valence-corrected chi connectivity index (χ4v) is 1.90. The Bertz CT molecular complexity index is 337. The molecule has 0 saturated heterocycles. The average Bonchev–Trinajstić information content (AvgIpc) is 2.21. The quantitative estimate of drug-likeness (QED) is 0.829. The Morgan fingerprint density at radius 1 is 1.38 bits per heavy atom. The van der Waals surface area contributed by atoms with E-state index >= 15 is 0 Å². The Balaban J connectivity index is 2.60. The van der Waals surface area contributed by atoms with Gasteiger partial charge in [0.15, 0.2) is 0 Å². The second kappa shape index (κ2) is 6.12. The molecule has 0 fully saturated rings. The first kappa shape index (κ1) is 13.3. The molecule has 0 spiro atoms. The number of benzene rings is 1. The predicted octanol–water partition coefficient (Wildman–Crippen LogP) is 3.29. The number of hydrogen-bond donors (Lipinski definition) is 2. The molecule has 0 amide bonds. The molecule has 1 aromatic carbocycles. The summed E-state index contributed by atoms with van der Waals surface area (Å²) >= 11 is 6.14. The monoisotopic (exact) mass is 240 g/mol. The van der Waals surface area contributed by atoms with Crippen LogP contribution in [0.2, 0.25) is 5.02 Å². The summed E-state index contributed by atoms with van der Waals surface area (Å²) in [5.41, 5.74) is 7.89. The lowest BCUT2D eigenvalue weighted by Crippen LogP contribution is -2.27. The molecule has 90 valence electrons. The van der Waals surface area contributed by atoms with E-state index in [9.17, 15) is 0 Å². The van der Waals surface area contributed by atoms with E-state index in [1.807, 2.05) is 19.1 Å². The molecule has 0 heterocycles. The fourth-order valence-electron chi connectivity index (χ4n) is 1.60. The van der Waals surface area contributed by atoms with Gasteiger partial charge in [0.2, 0.25) is 0 Å². The van der Waals surface area contributed by atoms with Gasteiger partial charge < -0.3 is 11.1 Å². The summed E-state index contributed by atoms with van der Waals surface area (Å²) in [6.45, 7) is 7.99. The number of halogens is 1. The standard InChI is InChI=1S/C13H21ClN2/c1-9(2)11(7-15)8-16-13-5-4-10(3)6-12(13)14/h4-6,9,11,16H,7-8,15H2,1-3H3. The van der Waals surface area contributed by atoms with E-state index in [-0.39, 0.29) is 0 Å². The molecule has 0 aliphatic carbocycles. The van der Waals surface area contributed by atoms with Crippen LogP contribution in [0.3, 0.4) is 0 Å². The highest BCUT2D eigenvalue weighted by atomic mass is 35.5. The molecule has 0 aliphatic rings. The maximum Gasteiger partial charge on any atom is 0.0640 e. The molecule has 1 rings (SSSR count). The summed E-state index contributed by atoms with van der Waals surface area (Å²) in [5.74, 6) is 1.07. The number of anilines is 1. The van der Waals surface area contributed by atoms with E-state index in [2.05, 4.69) is 25.2 Å². The number of rotatable bonds is 5. The third-order valence-electron chi connectivity index (χ3n) is 2.92. The van der Waals surface area contributed by atoms with Crippen LogP contribution in [-0.2, 0) is 0 Å². The molecule has 0 aromatic heterocycles. The van der Waals surface area contributed by atoms with Crippen LogP contribution >= 0.6 is 11.6 Å². The molecule has 0 saturated carbocycles. The van der Waals surface area contributed by atoms with Crippen LogP contribution in [0.5, 0.6) is 0 Å². The van der Waals surface area contributed by atoms with E-state index in [0.717, 1.165) is 17.3 Å². The lowest BCUT2D eigenvalue weighted by atomic mass is 9.96. The van der Waals surface area contributed by atoms with Crippen molar-refractivity contribution in [2.45, 2.75) is 20.8 Å². The number of nitrogens with two attached hydrogens (primary N) is 1. The Morgan fingerprint density at radius 2 is 2.06 bits per heavy atom. The van der Waals surface area contributed by atoms with Crippen molar-refractivity contribution >= 4 is 17.3 Å². The second-order valence-corrected chi connectivity index (χ2v) is 5.01. The Labute approximate surface area is 103 Å². The van der Waals surface area contributed by atoms with Gasteiger partial charge in [-0.05, 0) is 43.0 Å². The molecule has 16 heavy (non-hydrogen) atoms. The van der Waals surface area contributed by atoms with Crippen LogP contribution in [0, 0.1) is 18.8 Å². The number of nitrogens with one attached hydrogen (secondary N) is 1. The van der Waals surface area contributed by atoms with Gasteiger partial charge in [-0.1, -0.05) is 31.5 Å². The van der Waals surface area contributed by atoms with Crippen LogP contribution < -0.4 is 11.1 Å². The molecule has 2 nitrogen and oxygen atoms in total. The van der Waals surface area contributed by atoms with Crippen LogP contribution in [0.15, 0.2) is 18.2 Å². The van der Waals surface area contributed by atoms with Gasteiger partial charge in [-0.3, -0.25) is 0 Å². The van der Waals surface area contributed by atoms with Crippen molar-refractivity contribution in [3.8, 4) is 0 Å².